The van der Waals surface area contributed by atoms with E-state index in [2.05, 4.69) is 10.6 Å². The zero-order chi connectivity index (χ0) is 18.6. The molecule has 8 heteroatoms. The normalized spacial score (nSPS) is 32.3. The summed E-state index contributed by atoms with van der Waals surface area (Å²) in [6, 6.07) is 4.92. The molecule has 0 radical (unpaired) electrons. The number of hydrogen-bond acceptors (Lipinski definition) is 5. The topological polar surface area (TPSA) is 87.7 Å². The summed E-state index contributed by atoms with van der Waals surface area (Å²) >= 11 is 6.24. The molecule has 1 aromatic rings. The number of carbonyl (C=O) groups is 3. The van der Waals surface area contributed by atoms with Crippen LogP contribution in [-0.2, 0) is 24.7 Å². The van der Waals surface area contributed by atoms with Crippen molar-refractivity contribution < 1.29 is 19.1 Å². The number of hydrogen-bond donors (Lipinski definition) is 2. The third-order valence-corrected chi connectivity index (χ3v) is 5.98. The maximum Gasteiger partial charge on any atom is 0.250 e. The Kier molecular flexibility index (Phi) is 4.06. The highest BCUT2D eigenvalue weighted by Gasteiger charge is 2.69. The quantitative estimate of drug-likeness (QED) is 0.606. The van der Waals surface area contributed by atoms with Crippen molar-refractivity contribution in [2.24, 2.45) is 11.8 Å². The largest absolute Gasteiger partial charge is 0.385 e. The average molecular weight is 378 g/mol. The van der Waals surface area contributed by atoms with Gasteiger partial charge in [-0.2, -0.15) is 0 Å². The molecule has 0 aromatic heterocycles. The molecule has 7 nitrogen and oxygen atoms in total. The van der Waals surface area contributed by atoms with Gasteiger partial charge in [-0.15, -0.1) is 0 Å². The van der Waals surface area contributed by atoms with E-state index in [0.29, 0.717) is 35.8 Å². The van der Waals surface area contributed by atoms with Crippen LogP contribution in [0, 0.1) is 11.8 Å². The molecule has 3 aliphatic heterocycles. The fourth-order valence-corrected chi connectivity index (χ4v) is 4.82. The maximum atomic E-state index is 13.1. The monoisotopic (exact) mass is 377 g/mol. The maximum absolute atomic E-state index is 13.1. The third-order valence-electron chi connectivity index (χ3n) is 5.67. The number of nitrogens with zero attached hydrogens (tertiary/aromatic N) is 1. The first-order valence-electron chi connectivity index (χ1n) is 8.65. The molecule has 26 heavy (non-hydrogen) atoms. The van der Waals surface area contributed by atoms with Gasteiger partial charge in [-0.05, 0) is 19.4 Å². The third kappa shape index (κ3) is 2.11. The lowest BCUT2D eigenvalue weighted by Crippen LogP contribution is -2.53. The number of benzene rings is 1. The van der Waals surface area contributed by atoms with Crippen LogP contribution in [0.3, 0.4) is 0 Å². The number of ether oxygens (including phenoxy) is 1. The van der Waals surface area contributed by atoms with Gasteiger partial charge >= 0.3 is 0 Å². The SMILES string of the molecule is COCCCN1C(=O)[C@@H]2[C@@H](C1=O)[C@]1(N[C@@H]2C)C(=O)Nc2c(Cl)cccc21. The molecule has 4 rings (SSSR count). The van der Waals surface area contributed by atoms with Gasteiger partial charge in [-0.25, -0.2) is 0 Å². The average Bonchev–Trinajstić information content (AvgIpc) is 3.16. The van der Waals surface area contributed by atoms with Crippen LogP contribution >= 0.6 is 11.6 Å². The minimum atomic E-state index is -1.26. The summed E-state index contributed by atoms with van der Waals surface area (Å²) in [5.41, 5.74) is -0.112. The molecule has 0 aliphatic carbocycles. The van der Waals surface area contributed by atoms with Crippen LogP contribution in [0.1, 0.15) is 18.9 Å². The van der Waals surface area contributed by atoms with E-state index in [4.69, 9.17) is 16.3 Å². The Balaban J connectivity index is 1.77. The van der Waals surface area contributed by atoms with Crippen molar-refractivity contribution in [2.45, 2.75) is 24.9 Å². The molecule has 138 valence electrons. The lowest BCUT2D eigenvalue weighted by atomic mass is 9.76. The number of nitrogens with one attached hydrogen (secondary N) is 2. The molecule has 4 atom stereocenters. The van der Waals surface area contributed by atoms with Gasteiger partial charge in [0.2, 0.25) is 17.7 Å². The van der Waals surface area contributed by atoms with Crippen LogP contribution in [0.5, 0.6) is 0 Å². The Bertz CT molecular complexity index is 814. The van der Waals surface area contributed by atoms with Gasteiger partial charge in [0.05, 0.1) is 22.5 Å². The van der Waals surface area contributed by atoms with Crippen molar-refractivity contribution in [2.75, 3.05) is 25.6 Å². The van der Waals surface area contributed by atoms with Gasteiger partial charge in [-0.3, -0.25) is 24.6 Å². The van der Waals surface area contributed by atoms with E-state index in [1.165, 1.54) is 4.90 Å². The summed E-state index contributed by atoms with van der Waals surface area (Å²) in [7, 11) is 1.58. The van der Waals surface area contributed by atoms with Gasteiger partial charge in [0.25, 0.3) is 0 Å². The van der Waals surface area contributed by atoms with Crippen LogP contribution in [-0.4, -0.2) is 48.9 Å². The highest BCUT2D eigenvalue weighted by molar-refractivity contribution is 6.35. The standard InChI is InChI=1S/C18H20ClN3O4/c1-9-12-13(16(24)22(15(12)23)7-4-8-26-2)18(21-9)10-5-3-6-11(19)14(10)20-17(18)25/h3,5-6,9,12-13,21H,4,7-8H2,1-2H3,(H,20,25)/t9-,12+,13+,18+/m1/s1. The lowest BCUT2D eigenvalue weighted by Gasteiger charge is -2.29. The Morgan fingerprint density at radius 1 is 1.27 bits per heavy atom. The minimum Gasteiger partial charge on any atom is -0.385 e. The second-order valence-corrected chi connectivity index (χ2v) is 7.44. The lowest BCUT2D eigenvalue weighted by molar-refractivity contribution is -0.143. The van der Waals surface area contributed by atoms with Crippen LogP contribution in [0.15, 0.2) is 18.2 Å². The molecule has 0 saturated carbocycles. The van der Waals surface area contributed by atoms with E-state index in [1.807, 2.05) is 6.92 Å². The molecule has 1 spiro atoms. The fraction of sp³-hybridized carbons (Fsp3) is 0.500. The Morgan fingerprint density at radius 2 is 2.04 bits per heavy atom. The number of anilines is 1. The summed E-state index contributed by atoms with van der Waals surface area (Å²) in [5.74, 6) is -2.21. The molecular weight excluding hydrogens is 358 g/mol. The van der Waals surface area contributed by atoms with E-state index in [-0.39, 0.29) is 23.8 Å². The molecule has 2 saturated heterocycles. The van der Waals surface area contributed by atoms with E-state index in [0.717, 1.165) is 0 Å². The Morgan fingerprint density at radius 3 is 2.77 bits per heavy atom. The molecule has 1 aromatic carbocycles. The predicted octanol–water partition coefficient (Wildman–Crippen LogP) is 1.12. The number of likely N-dealkylation sites (tertiary alicyclic amines) is 1. The first-order chi connectivity index (χ1) is 12.4. The molecule has 2 fully saturated rings. The first-order valence-corrected chi connectivity index (χ1v) is 9.03. The fourth-order valence-electron chi connectivity index (χ4n) is 4.60. The van der Waals surface area contributed by atoms with Gasteiger partial charge in [-0.1, -0.05) is 23.7 Å². The number of imide groups is 1. The van der Waals surface area contributed by atoms with Crippen LogP contribution in [0.4, 0.5) is 5.69 Å². The van der Waals surface area contributed by atoms with E-state index in [9.17, 15) is 14.4 Å². The van der Waals surface area contributed by atoms with Crippen molar-refractivity contribution in [1.82, 2.24) is 10.2 Å². The second kappa shape index (κ2) is 6.04. The van der Waals surface area contributed by atoms with Gasteiger partial charge in [0, 0.05) is 31.9 Å². The zero-order valence-electron chi connectivity index (χ0n) is 14.5. The van der Waals surface area contributed by atoms with E-state index < -0.39 is 17.4 Å². The summed E-state index contributed by atoms with van der Waals surface area (Å²) in [6.07, 6.45) is 0.566. The molecule has 3 heterocycles. The first kappa shape index (κ1) is 17.5. The van der Waals surface area contributed by atoms with Gasteiger partial charge < -0.3 is 10.1 Å². The van der Waals surface area contributed by atoms with Crippen LogP contribution < -0.4 is 10.6 Å². The van der Waals surface area contributed by atoms with Crippen molar-refractivity contribution in [3.8, 4) is 0 Å². The Hall–Kier alpha value is -1.96. The summed E-state index contributed by atoms with van der Waals surface area (Å²) < 4.78 is 5.02. The number of rotatable bonds is 4. The number of fused-ring (bicyclic) bond motifs is 4. The molecule has 0 bridgehead atoms. The number of para-hydroxylation sites is 1. The van der Waals surface area contributed by atoms with Gasteiger partial charge in [0.15, 0.2) is 0 Å². The molecule has 3 amide bonds. The van der Waals surface area contributed by atoms with E-state index >= 15 is 0 Å². The molecule has 0 unspecified atom stereocenters. The van der Waals surface area contributed by atoms with Crippen molar-refractivity contribution >= 4 is 35.0 Å². The van der Waals surface area contributed by atoms with Crippen LogP contribution in [0.25, 0.3) is 0 Å². The highest BCUT2D eigenvalue weighted by Crippen LogP contribution is 2.53. The summed E-state index contributed by atoms with van der Waals surface area (Å²) in [6.45, 7) is 2.60. The van der Waals surface area contributed by atoms with Crippen LogP contribution in [0.2, 0.25) is 5.02 Å². The second-order valence-electron chi connectivity index (χ2n) is 7.04. The molecule has 3 aliphatic rings. The summed E-state index contributed by atoms with van der Waals surface area (Å²) in [5, 5.41) is 6.46. The molecular formula is C18H20ClN3O4. The van der Waals surface area contributed by atoms with Crippen molar-refractivity contribution in [1.29, 1.82) is 0 Å². The number of amides is 3. The van der Waals surface area contributed by atoms with Crippen molar-refractivity contribution in [3.63, 3.8) is 0 Å². The zero-order valence-corrected chi connectivity index (χ0v) is 15.3. The van der Waals surface area contributed by atoms with E-state index in [1.54, 1.807) is 25.3 Å². The molecule has 2 N–H and O–H groups in total. The van der Waals surface area contributed by atoms with Crippen molar-refractivity contribution in [3.05, 3.63) is 28.8 Å². The number of methoxy groups -OCH3 is 1. The summed E-state index contributed by atoms with van der Waals surface area (Å²) in [4.78, 5) is 40.3. The highest BCUT2D eigenvalue weighted by atomic mass is 35.5. The number of carbonyl (C=O) groups excluding carboxylic acids is 3. The smallest absolute Gasteiger partial charge is 0.250 e. The minimum absolute atomic E-state index is 0.226. The Labute approximate surface area is 156 Å². The predicted molar refractivity (Wildman–Crippen MR) is 94.6 cm³/mol. The van der Waals surface area contributed by atoms with Gasteiger partial charge in [0.1, 0.15) is 5.54 Å². The number of halogens is 1.